The largest absolute Gasteiger partial charge is 0.357 e. The number of guanidine groups is 1. The molecule has 0 spiro atoms. The summed E-state index contributed by atoms with van der Waals surface area (Å²) in [6.07, 6.45) is 3.66. The van der Waals surface area contributed by atoms with Crippen molar-refractivity contribution in [1.82, 2.24) is 25.0 Å². The predicted octanol–water partition coefficient (Wildman–Crippen LogP) is 1.10. The molecule has 3 rings (SSSR count). The molecule has 1 aliphatic heterocycles. The second-order valence-corrected chi connectivity index (χ2v) is 5.78. The average Bonchev–Trinajstić information content (AvgIpc) is 3.04. The second-order valence-electron chi connectivity index (χ2n) is 5.78. The fourth-order valence-electron chi connectivity index (χ4n) is 2.83. The van der Waals surface area contributed by atoms with E-state index in [-0.39, 0.29) is 0 Å². The van der Waals surface area contributed by atoms with E-state index < -0.39 is 0 Å². The van der Waals surface area contributed by atoms with Gasteiger partial charge in [0.05, 0.1) is 12.2 Å². The van der Waals surface area contributed by atoms with E-state index in [1.165, 1.54) is 0 Å². The fourth-order valence-corrected chi connectivity index (χ4v) is 2.83. The molecule has 1 aliphatic rings. The van der Waals surface area contributed by atoms with Gasteiger partial charge in [0.2, 0.25) is 0 Å². The van der Waals surface area contributed by atoms with Gasteiger partial charge in [0.25, 0.3) is 0 Å². The summed E-state index contributed by atoms with van der Waals surface area (Å²) >= 11 is 0. The zero-order valence-corrected chi connectivity index (χ0v) is 14.4. The number of hydrogen-bond acceptors (Lipinski definition) is 4. The van der Waals surface area contributed by atoms with Crippen LogP contribution in [0.3, 0.4) is 0 Å². The van der Waals surface area contributed by atoms with E-state index in [1.54, 1.807) is 0 Å². The lowest BCUT2D eigenvalue weighted by atomic mass is 10.3. The summed E-state index contributed by atoms with van der Waals surface area (Å²) in [4.78, 5) is 13.9. The molecular weight excluding hydrogens is 302 g/mol. The van der Waals surface area contributed by atoms with E-state index in [9.17, 15) is 0 Å². The predicted molar refractivity (Wildman–Crippen MR) is 96.0 cm³/mol. The molecule has 0 aromatic carbocycles. The number of aromatic nitrogens is 3. The maximum atomic E-state index is 4.77. The highest BCUT2D eigenvalue weighted by molar-refractivity contribution is 5.80. The minimum absolute atomic E-state index is 0.638. The standard InChI is InChI=1S/C17H25N7/c1-3-18-17(20-14-15-7-9-21-22(15)2)24-12-10-23(11-13-24)16-6-4-5-8-19-16/h4-9H,3,10-14H2,1-2H3,(H,18,20). The first-order chi connectivity index (χ1) is 11.8. The van der Waals surface area contributed by atoms with Crippen LogP contribution in [0.1, 0.15) is 12.6 Å². The number of nitrogens with one attached hydrogen (secondary N) is 1. The van der Waals surface area contributed by atoms with E-state index in [4.69, 9.17) is 4.99 Å². The number of aliphatic imine (C=N–C) groups is 1. The lowest BCUT2D eigenvalue weighted by Gasteiger charge is -2.37. The summed E-state index contributed by atoms with van der Waals surface area (Å²) in [5.74, 6) is 2.02. The first-order valence-electron chi connectivity index (χ1n) is 8.44. The number of pyridine rings is 1. The van der Waals surface area contributed by atoms with Gasteiger partial charge in [-0.05, 0) is 25.1 Å². The van der Waals surface area contributed by atoms with Gasteiger partial charge in [-0.2, -0.15) is 5.10 Å². The summed E-state index contributed by atoms with van der Waals surface area (Å²) < 4.78 is 1.87. The van der Waals surface area contributed by atoms with Crippen LogP contribution in [0.25, 0.3) is 0 Å². The van der Waals surface area contributed by atoms with Crippen molar-refractivity contribution in [3.8, 4) is 0 Å². The van der Waals surface area contributed by atoms with E-state index >= 15 is 0 Å². The van der Waals surface area contributed by atoms with Crippen molar-refractivity contribution in [3.05, 3.63) is 42.4 Å². The van der Waals surface area contributed by atoms with Crippen molar-refractivity contribution in [2.24, 2.45) is 12.0 Å². The van der Waals surface area contributed by atoms with Crippen molar-refractivity contribution < 1.29 is 0 Å². The number of piperazine rings is 1. The van der Waals surface area contributed by atoms with Gasteiger partial charge in [0, 0.05) is 52.2 Å². The molecule has 1 fully saturated rings. The van der Waals surface area contributed by atoms with E-state index in [1.807, 2.05) is 42.3 Å². The van der Waals surface area contributed by atoms with E-state index in [2.05, 4.69) is 38.2 Å². The van der Waals surface area contributed by atoms with Gasteiger partial charge in [0.15, 0.2) is 5.96 Å². The van der Waals surface area contributed by atoms with Crippen molar-refractivity contribution in [2.45, 2.75) is 13.5 Å². The van der Waals surface area contributed by atoms with Crippen molar-refractivity contribution >= 4 is 11.8 Å². The van der Waals surface area contributed by atoms with Crippen molar-refractivity contribution in [2.75, 3.05) is 37.6 Å². The first-order valence-corrected chi connectivity index (χ1v) is 8.44. The Labute approximate surface area is 143 Å². The van der Waals surface area contributed by atoms with Crippen LogP contribution in [-0.2, 0) is 13.6 Å². The van der Waals surface area contributed by atoms with Gasteiger partial charge < -0.3 is 15.1 Å². The van der Waals surface area contributed by atoms with Crippen LogP contribution in [0.15, 0.2) is 41.7 Å². The maximum absolute atomic E-state index is 4.77. The zero-order valence-electron chi connectivity index (χ0n) is 14.4. The molecule has 0 radical (unpaired) electrons. The SMILES string of the molecule is CCNC(=NCc1ccnn1C)N1CCN(c2ccccn2)CC1. The minimum atomic E-state index is 0.638. The molecule has 128 valence electrons. The highest BCUT2D eigenvalue weighted by Gasteiger charge is 2.20. The Kier molecular flexibility index (Phi) is 5.30. The molecule has 2 aromatic heterocycles. The lowest BCUT2D eigenvalue weighted by Crippen LogP contribution is -2.52. The summed E-state index contributed by atoms with van der Waals surface area (Å²) in [6, 6.07) is 8.06. The Hall–Kier alpha value is -2.57. The highest BCUT2D eigenvalue weighted by Crippen LogP contribution is 2.12. The van der Waals surface area contributed by atoms with Crippen molar-refractivity contribution in [3.63, 3.8) is 0 Å². The van der Waals surface area contributed by atoms with Gasteiger partial charge in [-0.1, -0.05) is 6.07 Å². The molecule has 7 nitrogen and oxygen atoms in total. The van der Waals surface area contributed by atoms with Crippen molar-refractivity contribution in [1.29, 1.82) is 0 Å². The molecule has 7 heteroatoms. The van der Waals surface area contributed by atoms with Crippen LogP contribution in [-0.4, -0.2) is 58.3 Å². The first kappa shape index (κ1) is 16.3. The van der Waals surface area contributed by atoms with Gasteiger partial charge in [0.1, 0.15) is 5.82 Å². The van der Waals surface area contributed by atoms with Crippen LogP contribution in [0.5, 0.6) is 0 Å². The molecule has 1 saturated heterocycles. The summed E-state index contributed by atoms with van der Waals surface area (Å²) in [5, 5.41) is 7.60. The second kappa shape index (κ2) is 7.81. The third kappa shape index (κ3) is 3.84. The molecule has 0 amide bonds. The number of aryl methyl sites for hydroxylation is 1. The normalized spacial score (nSPS) is 15.7. The smallest absolute Gasteiger partial charge is 0.194 e. The Bertz CT molecular complexity index is 657. The van der Waals surface area contributed by atoms with Gasteiger partial charge in [-0.25, -0.2) is 9.98 Å². The fraction of sp³-hybridized carbons (Fsp3) is 0.471. The third-order valence-corrected chi connectivity index (χ3v) is 4.20. The Morgan fingerprint density at radius 1 is 1.17 bits per heavy atom. The topological polar surface area (TPSA) is 61.6 Å². The number of anilines is 1. The molecule has 0 unspecified atom stereocenters. The zero-order chi connectivity index (χ0) is 16.8. The number of rotatable bonds is 4. The summed E-state index contributed by atoms with van der Waals surface area (Å²) in [6.45, 7) is 7.38. The number of nitrogens with zero attached hydrogens (tertiary/aromatic N) is 6. The molecule has 2 aromatic rings. The average molecular weight is 327 g/mol. The Morgan fingerprint density at radius 2 is 2.00 bits per heavy atom. The van der Waals surface area contributed by atoms with Gasteiger partial charge in [-0.3, -0.25) is 4.68 Å². The van der Waals surface area contributed by atoms with Crippen LogP contribution >= 0.6 is 0 Å². The Morgan fingerprint density at radius 3 is 2.62 bits per heavy atom. The molecule has 0 saturated carbocycles. The van der Waals surface area contributed by atoms with E-state index in [0.717, 1.165) is 50.2 Å². The summed E-state index contributed by atoms with van der Waals surface area (Å²) in [5.41, 5.74) is 1.11. The van der Waals surface area contributed by atoms with Crippen LogP contribution in [0, 0.1) is 0 Å². The summed E-state index contributed by atoms with van der Waals surface area (Å²) in [7, 11) is 1.95. The molecule has 24 heavy (non-hydrogen) atoms. The number of hydrogen-bond donors (Lipinski definition) is 1. The molecule has 0 bridgehead atoms. The molecule has 0 atom stereocenters. The van der Waals surface area contributed by atoms with Crippen LogP contribution in [0.4, 0.5) is 5.82 Å². The monoisotopic (exact) mass is 327 g/mol. The van der Waals surface area contributed by atoms with Gasteiger partial charge in [-0.15, -0.1) is 0 Å². The van der Waals surface area contributed by atoms with E-state index in [0.29, 0.717) is 6.54 Å². The third-order valence-electron chi connectivity index (χ3n) is 4.20. The molecular formula is C17H25N7. The van der Waals surface area contributed by atoms with Crippen LogP contribution in [0.2, 0.25) is 0 Å². The van der Waals surface area contributed by atoms with Gasteiger partial charge >= 0.3 is 0 Å². The maximum Gasteiger partial charge on any atom is 0.194 e. The highest BCUT2D eigenvalue weighted by atomic mass is 15.4. The van der Waals surface area contributed by atoms with Crippen LogP contribution < -0.4 is 10.2 Å². The molecule has 0 aliphatic carbocycles. The molecule has 1 N–H and O–H groups in total. The minimum Gasteiger partial charge on any atom is -0.357 e. The quantitative estimate of drug-likeness (QED) is 0.673. The lowest BCUT2D eigenvalue weighted by molar-refractivity contribution is 0.371. The molecule has 3 heterocycles. The Balaban J connectivity index is 1.62.